The van der Waals surface area contributed by atoms with Crippen molar-refractivity contribution in [3.05, 3.63) is 53.0 Å². The number of hydrogen-bond acceptors (Lipinski definition) is 2. The van der Waals surface area contributed by atoms with E-state index in [-0.39, 0.29) is 5.91 Å². The van der Waals surface area contributed by atoms with E-state index in [1.165, 1.54) is 0 Å². The van der Waals surface area contributed by atoms with Gasteiger partial charge in [0.2, 0.25) is 0 Å². The predicted molar refractivity (Wildman–Crippen MR) is 76.7 cm³/mol. The van der Waals surface area contributed by atoms with E-state index >= 15 is 0 Å². The van der Waals surface area contributed by atoms with Crippen molar-refractivity contribution in [1.82, 2.24) is 0 Å². The molecule has 3 nitrogen and oxygen atoms in total. The number of rotatable bonds is 3. The van der Waals surface area contributed by atoms with Crippen LogP contribution in [0, 0.1) is 20.8 Å². The second-order valence-electron chi connectivity index (χ2n) is 4.83. The molecule has 0 radical (unpaired) electrons. The van der Waals surface area contributed by atoms with Gasteiger partial charge in [-0.1, -0.05) is 6.07 Å². The van der Waals surface area contributed by atoms with E-state index in [1.807, 2.05) is 45.9 Å². The summed E-state index contributed by atoms with van der Waals surface area (Å²) in [5.41, 5.74) is 4.09. The van der Waals surface area contributed by atoms with Crippen LogP contribution in [0.4, 0.5) is 5.69 Å². The first-order valence-electron chi connectivity index (χ1n) is 6.47. The number of amides is 1. The van der Waals surface area contributed by atoms with Crippen LogP contribution in [0.5, 0.6) is 0 Å². The highest BCUT2D eigenvalue weighted by atomic mass is 16.3. The Morgan fingerprint density at radius 1 is 1.16 bits per heavy atom. The van der Waals surface area contributed by atoms with Gasteiger partial charge < -0.3 is 9.32 Å². The number of hydrogen-bond donors (Lipinski definition) is 0. The number of carbonyl (C=O) groups is 1. The maximum Gasteiger partial charge on any atom is 0.294 e. The lowest BCUT2D eigenvalue weighted by molar-refractivity contribution is 0.0961. The molecule has 0 spiro atoms. The fourth-order valence-electron chi connectivity index (χ4n) is 2.26. The molecular formula is C16H19NO2. The summed E-state index contributed by atoms with van der Waals surface area (Å²) in [5, 5.41) is 0. The molecule has 0 unspecified atom stereocenters. The zero-order valence-corrected chi connectivity index (χ0v) is 11.9. The highest BCUT2D eigenvalue weighted by Gasteiger charge is 2.21. The number of aryl methyl sites for hydroxylation is 3. The molecule has 0 atom stereocenters. The maximum absolute atomic E-state index is 12.5. The monoisotopic (exact) mass is 257 g/mol. The third-order valence-electron chi connectivity index (χ3n) is 3.14. The van der Waals surface area contributed by atoms with Gasteiger partial charge in [0.05, 0.1) is 6.26 Å². The number of anilines is 1. The van der Waals surface area contributed by atoms with Crippen LogP contribution >= 0.6 is 0 Å². The first-order valence-corrected chi connectivity index (χ1v) is 6.47. The van der Waals surface area contributed by atoms with Crippen LogP contribution < -0.4 is 4.90 Å². The molecule has 2 aromatic rings. The molecule has 1 aromatic heterocycles. The van der Waals surface area contributed by atoms with Gasteiger partial charge in [-0.3, -0.25) is 4.79 Å². The standard InChI is InChI=1S/C16H19NO2/c1-5-17(14-9-11(2)8-12(3)10-14)16(18)15-13(4)6-7-19-15/h6-10H,5H2,1-4H3. The molecule has 0 aliphatic carbocycles. The molecule has 2 rings (SSSR count). The minimum absolute atomic E-state index is 0.0880. The van der Waals surface area contributed by atoms with Crippen molar-refractivity contribution in [1.29, 1.82) is 0 Å². The Morgan fingerprint density at radius 2 is 1.79 bits per heavy atom. The normalized spacial score (nSPS) is 10.5. The van der Waals surface area contributed by atoms with Crippen LogP contribution in [-0.4, -0.2) is 12.5 Å². The van der Waals surface area contributed by atoms with Crippen molar-refractivity contribution in [3.8, 4) is 0 Å². The average Bonchev–Trinajstić information content (AvgIpc) is 2.75. The number of benzene rings is 1. The highest BCUT2D eigenvalue weighted by Crippen LogP contribution is 2.22. The summed E-state index contributed by atoms with van der Waals surface area (Å²) in [5.74, 6) is 0.330. The minimum Gasteiger partial charge on any atom is -0.459 e. The van der Waals surface area contributed by atoms with Crippen LogP contribution in [0.15, 0.2) is 34.9 Å². The Kier molecular flexibility index (Phi) is 3.74. The molecule has 19 heavy (non-hydrogen) atoms. The van der Waals surface area contributed by atoms with Gasteiger partial charge in [-0.2, -0.15) is 0 Å². The second-order valence-corrected chi connectivity index (χ2v) is 4.83. The summed E-state index contributed by atoms with van der Waals surface area (Å²) in [6.45, 7) is 8.53. The first kappa shape index (κ1) is 13.4. The van der Waals surface area contributed by atoms with Crippen molar-refractivity contribution in [2.24, 2.45) is 0 Å². The van der Waals surface area contributed by atoms with Gasteiger partial charge in [-0.15, -0.1) is 0 Å². The van der Waals surface area contributed by atoms with Crippen molar-refractivity contribution in [2.75, 3.05) is 11.4 Å². The highest BCUT2D eigenvalue weighted by molar-refractivity contribution is 6.05. The average molecular weight is 257 g/mol. The van der Waals surface area contributed by atoms with Gasteiger partial charge >= 0.3 is 0 Å². The van der Waals surface area contributed by atoms with Crippen LogP contribution in [-0.2, 0) is 0 Å². The van der Waals surface area contributed by atoms with E-state index in [1.54, 1.807) is 11.2 Å². The van der Waals surface area contributed by atoms with E-state index < -0.39 is 0 Å². The van der Waals surface area contributed by atoms with Gasteiger partial charge in [-0.25, -0.2) is 0 Å². The SMILES string of the molecule is CCN(C(=O)c1occc1C)c1cc(C)cc(C)c1. The van der Waals surface area contributed by atoms with Crippen molar-refractivity contribution in [2.45, 2.75) is 27.7 Å². The lowest BCUT2D eigenvalue weighted by Gasteiger charge is -2.21. The van der Waals surface area contributed by atoms with E-state index in [4.69, 9.17) is 4.42 Å². The van der Waals surface area contributed by atoms with Crippen molar-refractivity contribution >= 4 is 11.6 Å². The van der Waals surface area contributed by atoms with Crippen molar-refractivity contribution in [3.63, 3.8) is 0 Å². The summed E-state index contributed by atoms with van der Waals surface area (Å²) in [6, 6.07) is 7.95. The molecule has 1 amide bonds. The molecule has 0 aliphatic rings. The van der Waals surface area contributed by atoms with Gasteiger partial charge in [0, 0.05) is 17.8 Å². The molecule has 0 N–H and O–H groups in total. The molecular weight excluding hydrogens is 238 g/mol. The summed E-state index contributed by atoms with van der Waals surface area (Å²) < 4.78 is 5.30. The zero-order valence-electron chi connectivity index (χ0n) is 11.9. The summed E-state index contributed by atoms with van der Waals surface area (Å²) >= 11 is 0. The first-order chi connectivity index (χ1) is 9.02. The molecule has 0 saturated heterocycles. The molecule has 100 valence electrons. The fraction of sp³-hybridized carbons (Fsp3) is 0.312. The number of furan rings is 1. The van der Waals surface area contributed by atoms with E-state index in [0.29, 0.717) is 12.3 Å². The topological polar surface area (TPSA) is 33.5 Å². The van der Waals surface area contributed by atoms with Crippen LogP contribution in [0.25, 0.3) is 0 Å². The Hall–Kier alpha value is -2.03. The predicted octanol–water partition coefficient (Wildman–Crippen LogP) is 3.87. The quantitative estimate of drug-likeness (QED) is 0.836. The molecule has 0 aliphatic heterocycles. The lowest BCUT2D eigenvalue weighted by atomic mass is 10.1. The zero-order chi connectivity index (χ0) is 14.0. The Labute approximate surface area is 113 Å². The van der Waals surface area contributed by atoms with Crippen LogP contribution in [0.2, 0.25) is 0 Å². The minimum atomic E-state index is -0.0880. The Bertz CT molecular complexity index is 578. The van der Waals surface area contributed by atoms with Gasteiger partial charge in [-0.05, 0) is 57.0 Å². The van der Waals surface area contributed by atoms with E-state index in [9.17, 15) is 4.79 Å². The van der Waals surface area contributed by atoms with Gasteiger partial charge in [0.25, 0.3) is 5.91 Å². The molecule has 0 fully saturated rings. The second kappa shape index (κ2) is 5.31. The fourth-order valence-corrected chi connectivity index (χ4v) is 2.26. The smallest absolute Gasteiger partial charge is 0.294 e. The summed E-state index contributed by atoms with van der Waals surface area (Å²) in [7, 11) is 0. The van der Waals surface area contributed by atoms with Gasteiger partial charge in [0.15, 0.2) is 5.76 Å². The van der Waals surface area contributed by atoms with E-state index in [0.717, 1.165) is 22.4 Å². The number of nitrogens with zero attached hydrogens (tertiary/aromatic N) is 1. The third-order valence-corrected chi connectivity index (χ3v) is 3.14. The third kappa shape index (κ3) is 2.70. The number of carbonyl (C=O) groups excluding carboxylic acids is 1. The lowest BCUT2D eigenvalue weighted by Crippen LogP contribution is -2.30. The Morgan fingerprint density at radius 3 is 2.26 bits per heavy atom. The molecule has 0 bridgehead atoms. The summed E-state index contributed by atoms with van der Waals surface area (Å²) in [4.78, 5) is 14.3. The molecule has 1 heterocycles. The van der Waals surface area contributed by atoms with E-state index in [2.05, 4.69) is 6.07 Å². The van der Waals surface area contributed by atoms with Crippen LogP contribution in [0.1, 0.15) is 34.2 Å². The molecule has 3 heteroatoms. The molecule has 0 saturated carbocycles. The summed E-state index contributed by atoms with van der Waals surface area (Å²) in [6.07, 6.45) is 1.55. The maximum atomic E-state index is 12.5. The molecule has 1 aromatic carbocycles. The largest absolute Gasteiger partial charge is 0.459 e. The van der Waals surface area contributed by atoms with Crippen molar-refractivity contribution < 1.29 is 9.21 Å². The van der Waals surface area contributed by atoms with Gasteiger partial charge in [0.1, 0.15) is 0 Å². The van der Waals surface area contributed by atoms with Crippen LogP contribution in [0.3, 0.4) is 0 Å². The Balaban J connectivity index is 2.40.